The lowest BCUT2D eigenvalue weighted by molar-refractivity contribution is -0.131. The van der Waals surface area contributed by atoms with Gasteiger partial charge in [-0.25, -0.2) is 10.7 Å². The van der Waals surface area contributed by atoms with Gasteiger partial charge >= 0.3 is 5.97 Å². The smallest absolute Gasteiger partial charge is 0.328 e. The van der Waals surface area contributed by atoms with Crippen molar-refractivity contribution in [3.05, 3.63) is 269 Å². The van der Waals surface area contributed by atoms with Crippen LogP contribution in [0.4, 0.5) is 0 Å². The number of carbonyl (C=O) groups is 2. The number of rotatable bonds is 13. The zero-order chi connectivity index (χ0) is 56.8. The van der Waals surface area contributed by atoms with E-state index >= 15 is 0 Å². The second-order valence-electron chi connectivity index (χ2n) is 15.6. The molecule has 8 aromatic rings. The summed E-state index contributed by atoms with van der Waals surface area (Å²) in [5.74, 6) is 3.86. The largest absolute Gasteiger partial charge is 0.478 e. The molecule has 79 heavy (non-hydrogen) atoms. The second-order valence-corrected chi connectivity index (χ2v) is 19.3. The third-order valence-electron chi connectivity index (χ3n) is 9.72. The second kappa shape index (κ2) is 40.4. The minimum Gasteiger partial charge on any atom is -0.478 e. The fourth-order valence-electron chi connectivity index (χ4n) is 6.02. The number of nitrogens with two attached hydrogens (primary N) is 2. The molecule has 0 saturated heterocycles. The first-order valence-corrected chi connectivity index (χ1v) is 26.3. The topological polar surface area (TPSA) is 267 Å². The number of hydrogen-bond donors (Lipinski definition) is 7. The average Bonchev–Trinajstić information content (AvgIpc) is 3.93. The van der Waals surface area contributed by atoms with Gasteiger partial charge in [-0.05, 0) is 106 Å². The number of carboxylic acids is 1. The van der Waals surface area contributed by atoms with Crippen LogP contribution in [0.5, 0.6) is 0 Å². The molecule has 9 N–H and O–H groups in total. The highest BCUT2D eigenvalue weighted by Crippen LogP contribution is 2.16. The Labute approximate surface area is 498 Å². The molecule has 0 unspecified atom stereocenters. The monoisotopic (exact) mass is 1340 g/mol. The molecule has 7 aromatic carbocycles. The molecule has 15 nitrogen and oxygen atoms in total. The molecule has 0 radical (unpaired) electrons. The first-order valence-electron chi connectivity index (χ1n) is 23.1. The normalized spacial score (nSPS) is 10.5. The minimum atomic E-state index is -0.922. The summed E-state index contributed by atoms with van der Waals surface area (Å²) < 4.78 is 9.32. The molecule has 0 spiro atoms. The van der Waals surface area contributed by atoms with Gasteiger partial charge in [0.25, 0.3) is 5.89 Å². The van der Waals surface area contributed by atoms with E-state index in [9.17, 15) is 9.59 Å². The molecule has 0 aliphatic carbocycles. The van der Waals surface area contributed by atoms with E-state index in [0.29, 0.717) is 37.4 Å². The van der Waals surface area contributed by atoms with Crippen LogP contribution < -0.4 is 16.9 Å². The van der Waals surface area contributed by atoms with Crippen molar-refractivity contribution >= 4 is 124 Å². The molecule has 1 amide bonds. The lowest BCUT2D eigenvalue weighted by Gasteiger charge is -2.05. The summed E-state index contributed by atoms with van der Waals surface area (Å²) in [6.07, 6.45) is 11.5. The summed E-state index contributed by atoms with van der Waals surface area (Å²) >= 11 is 13.4. The van der Waals surface area contributed by atoms with Gasteiger partial charge in [-0.2, -0.15) is 10.2 Å². The Morgan fingerprint density at radius 2 is 0.975 bits per heavy atom. The van der Waals surface area contributed by atoms with Gasteiger partial charge in [0.1, 0.15) is 5.84 Å². The molecule has 8 rings (SSSR count). The van der Waals surface area contributed by atoms with Crippen LogP contribution in [0.3, 0.4) is 0 Å². The molecule has 0 atom stereocenters. The van der Waals surface area contributed by atoms with Crippen molar-refractivity contribution in [2.24, 2.45) is 21.9 Å². The molecule has 0 bridgehead atoms. The Hall–Kier alpha value is -7.80. The highest BCUT2D eigenvalue weighted by molar-refractivity contribution is 9.11. The van der Waals surface area contributed by atoms with Crippen LogP contribution in [0.15, 0.2) is 233 Å². The van der Waals surface area contributed by atoms with Crippen LogP contribution in [0, 0.1) is 11.3 Å². The van der Waals surface area contributed by atoms with E-state index in [1.807, 2.05) is 200 Å². The molecule has 0 fully saturated rings. The van der Waals surface area contributed by atoms with Gasteiger partial charge < -0.3 is 36.3 Å². The number of hydrogen-bond acceptors (Lipinski definition) is 12. The van der Waals surface area contributed by atoms with Gasteiger partial charge in [0.05, 0.1) is 12.5 Å². The molecule has 0 saturated carbocycles. The summed E-state index contributed by atoms with van der Waals surface area (Å²) in [5, 5.41) is 53.0. The van der Waals surface area contributed by atoms with E-state index in [0.717, 1.165) is 62.9 Å². The maximum atomic E-state index is 11.8. The number of nitrogens with one attached hydrogen (secondary N) is 1. The zero-order valence-corrected chi connectivity index (χ0v) is 49.2. The molecule has 20 heteroatoms. The first-order chi connectivity index (χ1) is 37.8. The van der Waals surface area contributed by atoms with E-state index in [4.69, 9.17) is 36.2 Å². The third-order valence-corrected chi connectivity index (χ3v) is 11.8. The Morgan fingerprint density at radius 3 is 1.39 bits per heavy atom. The van der Waals surface area contributed by atoms with Crippen molar-refractivity contribution in [3.63, 3.8) is 0 Å². The maximum Gasteiger partial charge on any atom is 0.328 e. The first kappa shape index (κ1) is 67.3. The van der Waals surface area contributed by atoms with Gasteiger partial charge in [-0.15, -0.1) is 12.4 Å². The van der Waals surface area contributed by atoms with Gasteiger partial charge in [0.2, 0.25) is 5.91 Å². The fraction of sp³-hybridized carbons (Fsp3) is 0.0678. The van der Waals surface area contributed by atoms with Gasteiger partial charge in [0.15, 0.2) is 11.7 Å². The predicted molar refractivity (Wildman–Crippen MR) is 328 cm³/mol. The number of oxime groups is 2. The summed E-state index contributed by atoms with van der Waals surface area (Å²) in [4.78, 5) is 26.3. The van der Waals surface area contributed by atoms with E-state index in [1.54, 1.807) is 12.2 Å². The van der Waals surface area contributed by atoms with Crippen molar-refractivity contribution in [3.8, 4) is 6.07 Å². The highest BCUT2D eigenvalue weighted by atomic mass is 79.9. The standard InChI is InChI=1S/C17H15BrN2O2.C17H13BrN2O.C9H8O2.C8H9BrN2O.C8H6BrN.ClH.H3NO/c18-15-9-6-14(7-10-15)12-16(20-22)19-17(21)11-8-13-4-2-1-3-5-13;18-15-9-6-14(7-10-15)12-16-19-17(21-20-16)11-8-13-4-2-1-3-5-13;10-9(11)7-6-8-4-2-1-3-5-8;9-7-3-1-6(2-4-7)5-8(10)11-12;9-8-3-1-7(2-4-8)5-6-10;;1-2/h1-11,22H,12H2,(H,19,20,21);1-11H,12H2;1-7H,(H,10,11);1-4,12H,5H2,(H2,10,11);1-4H,5H2;1H;2H,1H2/b2*11-8+;7-6+;;;;. The Kier molecular flexibility index (Phi) is 34.4. The number of nitrogens with zero attached hydrogens (tertiary/aromatic N) is 5. The van der Waals surface area contributed by atoms with Crippen LogP contribution in [-0.2, 0) is 35.3 Å². The molecule has 0 aliphatic rings. The lowest BCUT2D eigenvalue weighted by Crippen LogP contribution is -2.30. The average molecular weight is 1340 g/mol. The van der Waals surface area contributed by atoms with E-state index < -0.39 is 5.97 Å². The molecular weight excluding hydrogens is 1290 g/mol. The fourth-order valence-corrected chi connectivity index (χ4v) is 7.07. The van der Waals surface area contributed by atoms with Crippen molar-refractivity contribution in [1.29, 1.82) is 5.26 Å². The van der Waals surface area contributed by atoms with Crippen LogP contribution in [0.25, 0.3) is 24.3 Å². The van der Waals surface area contributed by atoms with Crippen LogP contribution >= 0.6 is 76.1 Å². The van der Waals surface area contributed by atoms with Crippen LogP contribution in [0.2, 0.25) is 0 Å². The van der Waals surface area contributed by atoms with Gasteiger partial charge in [0, 0.05) is 55.4 Å². The molecule has 1 aromatic heterocycles. The van der Waals surface area contributed by atoms with Crippen LogP contribution in [-0.4, -0.2) is 54.4 Å². The number of carbonyl (C=O) groups excluding carboxylic acids is 1. The highest BCUT2D eigenvalue weighted by Gasteiger charge is 2.07. The number of carboxylic acid groups (broad SMARTS) is 1. The molecule has 1 heterocycles. The van der Waals surface area contributed by atoms with Crippen molar-refractivity contribution < 1.29 is 34.8 Å². The number of nitriles is 1. The molecule has 0 aliphatic heterocycles. The SMILES string of the molecule is Brc1ccc(Cc2noc(/C=C/c3ccccc3)n2)cc1.Cl.N#CCc1ccc(Br)cc1.N/C(Cc1ccc(Br)cc1)=N\O.NO.O=C(/C=C/c1ccccc1)N/C(Cc1ccc(Br)cc1)=N/O.O=C(O)/C=C/c1ccccc1. The van der Waals surface area contributed by atoms with E-state index in [2.05, 4.69) is 101 Å². The summed E-state index contributed by atoms with van der Waals surface area (Å²) in [6.45, 7) is 0. The Balaban J connectivity index is 0.000000346. The number of aromatic nitrogens is 2. The number of amides is 1. The lowest BCUT2D eigenvalue weighted by atomic mass is 10.1. The zero-order valence-electron chi connectivity index (χ0n) is 42.0. The Bertz CT molecular complexity index is 3180. The summed E-state index contributed by atoms with van der Waals surface area (Å²) in [6, 6.07) is 62.0. The molecule has 408 valence electrons. The van der Waals surface area contributed by atoms with Crippen molar-refractivity contribution in [2.75, 3.05) is 0 Å². The van der Waals surface area contributed by atoms with Gasteiger partial charge in [-0.3, -0.25) is 4.79 Å². The van der Waals surface area contributed by atoms with E-state index in [-0.39, 0.29) is 30.0 Å². The van der Waals surface area contributed by atoms with Crippen LogP contribution in [0.1, 0.15) is 50.7 Å². The quantitative estimate of drug-likeness (QED) is 0.0187. The minimum absolute atomic E-state index is 0. The van der Waals surface area contributed by atoms with Crippen molar-refractivity contribution in [2.45, 2.75) is 25.7 Å². The predicted octanol–water partition coefficient (Wildman–Crippen LogP) is 14.0. The number of aliphatic carboxylic acids is 1. The number of halogens is 5. The molecular formula is C59H55Br4ClN8O7. The van der Waals surface area contributed by atoms with E-state index in [1.165, 1.54) is 6.08 Å². The summed E-state index contributed by atoms with van der Waals surface area (Å²) in [5.41, 5.74) is 12.4. The summed E-state index contributed by atoms with van der Waals surface area (Å²) in [7, 11) is 0. The third kappa shape index (κ3) is 30.7. The maximum absolute atomic E-state index is 11.8. The van der Waals surface area contributed by atoms with Crippen molar-refractivity contribution in [1.82, 2.24) is 15.5 Å². The van der Waals surface area contributed by atoms with Gasteiger partial charge in [-0.1, -0.05) is 219 Å². The number of amidine groups is 2. The number of benzene rings is 7. The Morgan fingerprint density at radius 1 is 0.570 bits per heavy atom.